The number of carbonyl (C=O) groups is 2. The molecule has 33 heavy (non-hydrogen) atoms. The van der Waals surface area contributed by atoms with Gasteiger partial charge in [-0.1, -0.05) is 35.9 Å². The molecule has 4 rings (SSSR count). The van der Waals surface area contributed by atoms with Gasteiger partial charge < -0.3 is 20.0 Å². The van der Waals surface area contributed by atoms with Gasteiger partial charge in [0.1, 0.15) is 0 Å². The minimum atomic E-state index is -4.46. The van der Waals surface area contributed by atoms with Gasteiger partial charge in [-0.3, -0.25) is 0 Å². The molecule has 2 fully saturated rings. The summed E-state index contributed by atoms with van der Waals surface area (Å²) < 4.78 is 38.7. The van der Waals surface area contributed by atoms with Crippen molar-refractivity contribution >= 4 is 17.7 Å². The van der Waals surface area contributed by atoms with Crippen LogP contribution in [0.5, 0.6) is 0 Å². The van der Waals surface area contributed by atoms with Gasteiger partial charge in [0.2, 0.25) is 0 Å². The molecule has 0 radical (unpaired) electrons. The Hall–Kier alpha value is -3.23. The molecule has 2 aromatic carbocycles. The molecule has 0 atom stereocenters. The van der Waals surface area contributed by atoms with Gasteiger partial charge in [0.25, 0.3) is 0 Å². The predicted octanol–water partition coefficient (Wildman–Crippen LogP) is 4.95. The number of nitrogens with one attached hydrogen (secondary N) is 1. The van der Waals surface area contributed by atoms with E-state index in [2.05, 4.69) is 5.32 Å². The van der Waals surface area contributed by atoms with Crippen LogP contribution in [-0.2, 0) is 12.7 Å². The molecule has 2 aliphatic rings. The molecular formula is C24H27F3N4O2. The fourth-order valence-electron chi connectivity index (χ4n) is 4.36. The van der Waals surface area contributed by atoms with Crippen molar-refractivity contribution in [3.05, 3.63) is 65.2 Å². The predicted molar refractivity (Wildman–Crippen MR) is 119 cm³/mol. The molecule has 1 N–H and O–H groups in total. The van der Waals surface area contributed by atoms with Crippen LogP contribution in [0.3, 0.4) is 0 Å². The molecule has 4 amide bonds. The van der Waals surface area contributed by atoms with Gasteiger partial charge in [0, 0.05) is 44.5 Å². The van der Waals surface area contributed by atoms with E-state index in [1.165, 1.54) is 17.7 Å². The Bertz CT molecular complexity index is 1000. The molecule has 2 aromatic rings. The summed E-state index contributed by atoms with van der Waals surface area (Å²) in [7, 11) is 0. The molecule has 176 valence electrons. The number of halogens is 3. The van der Waals surface area contributed by atoms with Crippen LogP contribution in [0.4, 0.5) is 28.4 Å². The second-order valence-corrected chi connectivity index (χ2v) is 8.61. The summed E-state index contributed by atoms with van der Waals surface area (Å²) in [5.41, 5.74) is 1.58. The number of likely N-dealkylation sites (tertiary alicyclic amines) is 1. The van der Waals surface area contributed by atoms with Gasteiger partial charge in [0.15, 0.2) is 0 Å². The SMILES string of the molecule is Cc1ccc(CN2CCN(C3CCN(C(=O)Nc4cccc(C(F)(F)F)c4)CC3)C2=O)cc1. The average molecular weight is 461 g/mol. The Labute approximate surface area is 191 Å². The van der Waals surface area contributed by atoms with E-state index in [4.69, 9.17) is 0 Å². The van der Waals surface area contributed by atoms with Crippen LogP contribution in [0.1, 0.15) is 29.5 Å². The van der Waals surface area contributed by atoms with E-state index < -0.39 is 17.8 Å². The Morgan fingerprint density at radius 2 is 1.73 bits per heavy atom. The number of piperidine rings is 1. The maximum absolute atomic E-state index is 12.9. The van der Waals surface area contributed by atoms with Crippen LogP contribution >= 0.6 is 0 Å². The monoisotopic (exact) mass is 460 g/mol. The van der Waals surface area contributed by atoms with Crippen LogP contribution in [-0.4, -0.2) is 59.0 Å². The minimum absolute atomic E-state index is 0.0162. The molecular weight excluding hydrogens is 433 g/mol. The number of amides is 4. The minimum Gasteiger partial charge on any atom is -0.324 e. The van der Waals surface area contributed by atoms with Gasteiger partial charge in [-0.15, -0.1) is 0 Å². The molecule has 0 spiro atoms. The Kier molecular flexibility index (Phi) is 6.49. The van der Waals surface area contributed by atoms with Gasteiger partial charge in [-0.05, 0) is 43.5 Å². The molecule has 6 nitrogen and oxygen atoms in total. The van der Waals surface area contributed by atoms with E-state index in [1.807, 2.05) is 41.0 Å². The summed E-state index contributed by atoms with van der Waals surface area (Å²) in [6.07, 6.45) is -3.19. The van der Waals surface area contributed by atoms with Crippen molar-refractivity contribution in [3.63, 3.8) is 0 Å². The van der Waals surface area contributed by atoms with Crippen LogP contribution in [0, 0.1) is 6.92 Å². The molecule has 0 unspecified atom stereocenters. The lowest BCUT2D eigenvalue weighted by Crippen LogP contribution is -2.49. The van der Waals surface area contributed by atoms with Crippen molar-refractivity contribution in [2.24, 2.45) is 0 Å². The van der Waals surface area contributed by atoms with Crippen LogP contribution in [0.25, 0.3) is 0 Å². The van der Waals surface area contributed by atoms with Crippen molar-refractivity contribution in [2.75, 3.05) is 31.5 Å². The lowest BCUT2D eigenvalue weighted by Gasteiger charge is -2.36. The summed E-state index contributed by atoms with van der Waals surface area (Å²) in [6.45, 7) is 4.82. The molecule has 2 saturated heterocycles. The fraction of sp³-hybridized carbons (Fsp3) is 0.417. The first kappa shape index (κ1) is 22.9. The first-order chi connectivity index (χ1) is 15.7. The number of benzene rings is 2. The summed E-state index contributed by atoms with van der Waals surface area (Å²) in [6, 6.07) is 12.4. The van der Waals surface area contributed by atoms with E-state index in [9.17, 15) is 22.8 Å². The molecule has 9 heteroatoms. The Morgan fingerprint density at radius 1 is 1.03 bits per heavy atom. The number of anilines is 1. The number of aryl methyl sites for hydroxylation is 1. The highest BCUT2D eigenvalue weighted by molar-refractivity contribution is 5.89. The van der Waals surface area contributed by atoms with E-state index in [0.717, 1.165) is 17.7 Å². The van der Waals surface area contributed by atoms with E-state index in [1.54, 1.807) is 4.90 Å². The lowest BCUT2D eigenvalue weighted by atomic mass is 10.0. The first-order valence-electron chi connectivity index (χ1n) is 11.0. The number of nitrogens with zero attached hydrogens (tertiary/aromatic N) is 3. The van der Waals surface area contributed by atoms with E-state index >= 15 is 0 Å². The summed E-state index contributed by atoms with van der Waals surface area (Å²) in [5.74, 6) is 0. The summed E-state index contributed by atoms with van der Waals surface area (Å²) >= 11 is 0. The van der Waals surface area contributed by atoms with Gasteiger partial charge in [-0.25, -0.2) is 9.59 Å². The van der Waals surface area contributed by atoms with Crippen molar-refractivity contribution in [1.82, 2.24) is 14.7 Å². The zero-order chi connectivity index (χ0) is 23.6. The zero-order valence-corrected chi connectivity index (χ0v) is 18.4. The third kappa shape index (κ3) is 5.40. The molecule has 2 heterocycles. The molecule has 0 aliphatic carbocycles. The van der Waals surface area contributed by atoms with Crippen molar-refractivity contribution in [1.29, 1.82) is 0 Å². The third-order valence-corrected chi connectivity index (χ3v) is 6.25. The smallest absolute Gasteiger partial charge is 0.324 e. The lowest BCUT2D eigenvalue weighted by molar-refractivity contribution is -0.137. The topological polar surface area (TPSA) is 55.9 Å². The Balaban J connectivity index is 1.28. The van der Waals surface area contributed by atoms with Crippen molar-refractivity contribution in [2.45, 2.75) is 38.5 Å². The van der Waals surface area contributed by atoms with Crippen molar-refractivity contribution < 1.29 is 22.8 Å². The first-order valence-corrected chi connectivity index (χ1v) is 11.0. The van der Waals surface area contributed by atoms with Crippen LogP contribution < -0.4 is 5.32 Å². The number of alkyl halides is 3. The van der Waals surface area contributed by atoms with Crippen LogP contribution in [0.15, 0.2) is 48.5 Å². The maximum Gasteiger partial charge on any atom is 0.416 e. The van der Waals surface area contributed by atoms with Gasteiger partial charge >= 0.3 is 18.2 Å². The highest BCUT2D eigenvalue weighted by atomic mass is 19.4. The quantitative estimate of drug-likeness (QED) is 0.702. The Morgan fingerprint density at radius 3 is 2.39 bits per heavy atom. The number of rotatable bonds is 4. The van der Waals surface area contributed by atoms with Gasteiger partial charge in [-0.2, -0.15) is 13.2 Å². The van der Waals surface area contributed by atoms with Crippen LogP contribution in [0.2, 0.25) is 0 Å². The highest BCUT2D eigenvalue weighted by Gasteiger charge is 2.36. The zero-order valence-electron chi connectivity index (χ0n) is 18.4. The number of carbonyl (C=O) groups excluding carboxylic acids is 2. The van der Waals surface area contributed by atoms with Gasteiger partial charge in [0.05, 0.1) is 5.56 Å². The normalized spacial score (nSPS) is 17.6. The standard InChI is InChI=1S/C24H27F3N4O2/c1-17-5-7-18(8-6-17)16-30-13-14-31(23(30)33)21-9-11-29(12-10-21)22(32)28-20-4-2-3-19(15-20)24(25,26)27/h2-8,15,21H,9-14,16H2,1H3,(H,28,32). The van der Waals surface area contributed by atoms with E-state index in [-0.39, 0.29) is 17.8 Å². The molecule has 0 aromatic heterocycles. The summed E-state index contributed by atoms with van der Waals surface area (Å²) in [5, 5.41) is 2.55. The number of hydrogen-bond acceptors (Lipinski definition) is 2. The molecule has 0 saturated carbocycles. The van der Waals surface area contributed by atoms with E-state index in [0.29, 0.717) is 45.6 Å². The molecule has 0 bridgehead atoms. The fourth-order valence-corrected chi connectivity index (χ4v) is 4.36. The number of urea groups is 2. The second kappa shape index (κ2) is 9.33. The number of hydrogen-bond donors (Lipinski definition) is 1. The molecule has 2 aliphatic heterocycles. The largest absolute Gasteiger partial charge is 0.416 e. The average Bonchev–Trinajstić information content (AvgIpc) is 3.15. The third-order valence-electron chi connectivity index (χ3n) is 6.25. The summed E-state index contributed by atoms with van der Waals surface area (Å²) in [4.78, 5) is 30.8. The highest BCUT2D eigenvalue weighted by Crippen LogP contribution is 2.31. The maximum atomic E-state index is 12.9. The second-order valence-electron chi connectivity index (χ2n) is 8.61. The van der Waals surface area contributed by atoms with Crippen molar-refractivity contribution in [3.8, 4) is 0 Å².